The molecule has 122 valence electrons. The molecule has 1 aromatic rings. The Morgan fingerprint density at radius 2 is 2.05 bits per heavy atom. The number of rotatable bonds is 4. The Bertz CT molecular complexity index is 507. The molecule has 1 aliphatic heterocycles. The van der Waals surface area contributed by atoms with E-state index < -0.39 is 11.9 Å². The number of carbonyl (C=O) groups is 2. The third-order valence-corrected chi connectivity index (χ3v) is 2.74. The van der Waals surface area contributed by atoms with Crippen molar-refractivity contribution in [2.24, 2.45) is 0 Å². The summed E-state index contributed by atoms with van der Waals surface area (Å²) in [5.74, 6) is -1.64. The van der Waals surface area contributed by atoms with Crippen molar-refractivity contribution in [2.45, 2.75) is 13.0 Å². The van der Waals surface area contributed by atoms with Crippen LogP contribution in [-0.4, -0.2) is 76.4 Å². The number of aromatic carboxylic acids is 1. The summed E-state index contributed by atoms with van der Waals surface area (Å²) in [4.78, 5) is 29.9. The molecule has 0 aromatic carbocycles. The number of aliphatic carboxylic acids is 1. The third-order valence-electron chi connectivity index (χ3n) is 2.74. The minimum atomic E-state index is -1.09. The number of aromatic nitrogens is 2. The maximum atomic E-state index is 10.9. The lowest BCUT2D eigenvalue weighted by Gasteiger charge is -2.30. The normalized spacial score (nSPS) is 18.0. The second-order valence-corrected chi connectivity index (χ2v) is 4.71. The number of carboxylic acid groups (broad SMARTS) is 2. The molecule has 1 atom stereocenters. The molecule has 0 bridgehead atoms. The van der Waals surface area contributed by atoms with Crippen molar-refractivity contribution in [3.8, 4) is 0 Å². The highest BCUT2D eigenvalue weighted by atomic mass is 16.5. The largest absolute Gasteiger partial charge is 0.481 e. The number of anilines is 1. The minimum Gasteiger partial charge on any atom is -0.481 e. The van der Waals surface area contributed by atoms with Crippen molar-refractivity contribution < 1.29 is 24.5 Å². The van der Waals surface area contributed by atoms with E-state index in [-0.39, 0.29) is 17.6 Å². The number of nitrogens with zero attached hydrogens (tertiary/aromatic N) is 3. The molecule has 0 amide bonds. The van der Waals surface area contributed by atoms with E-state index >= 15 is 0 Å². The molecule has 1 aliphatic rings. The number of hydrogen-bond acceptors (Lipinski definition) is 7. The van der Waals surface area contributed by atoms with Crippen molar-refractivity contribution in [3.63, 3.8) is 0 Å². The van der Waals surface area contributed by atoms with Crippen LogP contribution in [0.1, 0.15) is 17.4 Å². The van der Waals surface area contributed by atoms with Crippen LogP contribution in [0.4, 0.5) is 5.82 Å². The maximum Gasteiger partial charge on any atom is 0.358 e. The lowest BCUT2D eigenvalue weighted by atomic mass is 10.3. The molecule has 2 heterocycles. The minimum absolute atomic E-state index is 0.0346. The molecule has 1 saturated heterocycles. The van der Waals surface area contributed by atoms with Gasteiger partial charge in [-0.05, 0) is 7.05 Å². The van der Waals surface area contributed by atoms with Gasteiger partial charge in [0.05, 0.1) is 12.7 Å². The quantitative estimate of drug-likeness (QED) is 0.704. The summed E-state index contributed by atoms with van der Waals surface area (Å²) in [6, 6.07) is 0. The number of likely N-dealkylation sites (N-methyl/N-ethyl adjacent to an activating group) is 1. The fraction of sp³-hybridized carbons (Fsp3) is 0.538. The van der Waals surface area contributed by atoms with Gasteiger partial charge >= 0.3 is 5.97 Å². The molecule has 0 aliphatic carbocycles. The van der Waals surface area contributed by atoms with Gasteiger partial charge < -0.3 is 25.2 Å². The van der Waals surface area contributed by atoms with Crippen molar-refractivity contribution in [3.05, 3.63) is 18.1 Å². The SMILES string of the molecule is CC(=O)O.CN1CCOC(CNc2nccnc2C(=O)O)C1. The monoisotopic (exact) mass is 312 g/mol. The number of ether oxygens (including phenoxy) is 1. The summed E-state index contributed by atoms with van der Waals surface area (Å²) in [5, 5.41) is 19.4. The fourth-order valence-electron chi connectivity index (χ4n) is 1.82. The smallest absolute Gasteiger partial charge is 0.358 e. The van der Waals surface area contributed by atoms with Crippen LogP contribution in [0.25, 0.3) is 0 Å². The summed E-state index contributed by atoms with van der Waals surface area (Å²) in [6.45, 7) is 4.02. The van der Waals surface area contributed by atoms with Crippen molar-refractivity contribution in [1.29, 1.82) is 0 Å². The Hall–Kier alpha value is -2.26. The Morgan fingerprint density at radius 1 is 1.41 bits per heavy atom. The molecule has 3 N–H and O–H groups in total. The average Bonchev–Trinajstić information content (AvgIpc) is 2.45. The van der Waals surface area contributed by atoms with Crippen LogP contribution in [0.2, 0.25) is 0 Å². The summed E-state index contributed by atoms with van der Waals surface area (Å²) in [5.41, 5.74) is -0.0679. The zero-order chi connectivity index (χ0) is 16.5. The predicted molar refractivity (Wildman–Crippen MR) is 78.0 cm³/mol. The Morgan fingerprint density at radius 3 is 2.64 bits per heavy atom. The van der Waals surface area contributed by atoms with Gasteiger partial charge in [0.15, 0.2) is 11.5 Å². The van der Waals surface area contributed by atoms with Crippen LogP contribution in [-0.2, 0) is 9.53 Å². The van der Waals surface area contributed by atoms with Crippen LogP contribution in [0.15, 0.2) is 12.4 Å². The zero-order valence-electron chi connectivity index (χ0n) is 12.5. The lowest BCUT2D eigenvalue weighted by molar-refractivity contribution is -0.134. The fourth-order valence-corrected chi connectivity index (χ4v) is 1.82. The molecule has 22 heavy (non-hydrogen) atoms. The predicted octanol–water partition coefficient (Wildman–Crippen LogP) is 0.00820. The molecule has 0 radical (unpaired) electrons. The first-order valence-corrected chi connectivity index (χ1v) is 6.68. The van der Waals surface area contributed by atoms with Gasteiger partial charge in [-0.1, -0.05) is 0 Å². The first kappa shape index (κ1) is 17.8. The van der Waals surface area contributed by atoms with E-state index in [9.17, 15) is 4.79 Å². The molecule has 1 aromatic heterocycles. The highest BCUT2D eigenvalue weighted by molar-refractivity contribution is 5.90. The first-order valence-electron chi connectivity index (χ1n) is 6.68. The molecular formula is C13H20N4O5. The van der Waals surface area contributed by atoms with Gasteiger partial charge in [-0.3, -0.25) is 4.79 Å². The number of hydrogen-bond donors (Lipinski definition) is 3. The zero-order valence-corrected chi connectivity index (χ0v) is 12.5. The van der Waals surface area contributed by atoms with Gasteiger partial charge in [0.25, 0.3) is 5.97 Å². The summed E-state index contributed by atoms with van der Waals surface area (Å²) in [7, 11) is 2.03. The van der Waals surface area contributed by atoms with Crippen molar-refractivity contribution >= 4 is 17.8 Å². The van der Waals surface area contributed by atoms with E-state index in [2.05, 4.69) is 20.2 Å². The van der Waals surface area contributed by atoms with E-state index in [1.165, 1.54) is 12.4 Å². The molecule has 1 fully saturated rings. The Balaban J connectivity index is 0.000000541. The van der Waals surface area contributed by atoms with Gasteiger partial charge in [-0.15, -0.1) is 0 Å². The Labute approximate surface area is 127 Å². The standard InChI is InChI=1S/C11H16N4O3.C2H4O2/c1-15-4-5-18-8(7-15)6-14-10-9(11(16)17)12-2-3-13-10;1-2(3)4/h2-3,8H,4-7H2,1H3,(H,13,14)(H,16,17);1H3,(H,3,4). The third kappa shape index (κ3) is 6.46. The number of carboxylic acids is 2. The lowest BCUT2D eigenvalue weighted by Crippen LogP contribution is -2.43. The van der Waals surface area contributed by atoms with Crippen molar-refractivity contribution in [1.82, 2.24) is 14.9 Å². The molecule has 0 spiro atoms. The Kier molecular flexibility index (Phi) is 7.20. The van der Waals surface area contributed by atoms with Gasteiger partial charge in [0.1, 0.15) is 0 Å². The molecule has 1 unspecified atom stereocenters. The molecular weight excluding hydrogens is 292 g/mol. The van der Waals surface area contributed by atoms with Crippen LogP contribution in [0, 0.1) is 0 Å². The molecule has 9 heteroatoms. The molecule has 0 saturated carbocycles. The van der Waals surface area contributed by atoms with E-state index in [4.69, 9.17) is 19.7 Å². The van der Waals surface area contributed by atoms with E-state index in [1.54, 1.807) is 0 Å². The van der Waals surface area contributed by atoms with Crippen LogP contribution < -0.4 is 5.32 Å². The summed E-state index contributed by atoms with van der Waals surface area (Å²) < 4.78 is 5.57. The average molecular weight is 312 g/mol. The number of morpholine rings is 1. The van der Waals surface area contributed by atoms with E-state index in [0.717, 1.165) is 20.0 Å². The van der Waals surface area contributed by atoms with Crippen LogP contribution >= 0.6 is 0 Å². The molecule has 2 rings (SSSR count). The van der Waals surface area contributed by atoms with Crippen LogP contribution in [0.5, 0.6) is 0 Å². The highest BCUT2D eigenvalue weighted by Gasteiger charge is 2.19. The summed E-state index contributed by atoms with van der Waals surface area (Å²) >= 11 is 0. The number of nitrogens with one attached hydrogen (secondary N) is 1. The summed E-state index contributed by atoms with van der Waals surface area (Å²) in [6.07, 6.45) is 2.86. The maximum absolute atomic E-state index is 10.9. The second kappa shape index (κ2) is 8.90. The van der Waals surface area contributed by atoms with Gasteiger partial charge in [-0.25, -0.2) is 14.8 Å². The highest BCUT2D eigenvalue weighted by Crippen LogP contribution is 2.10. The van der Waals surface area contributed by atoms with Crippen molar-refractivity contribution in [2.75, 3.05) is 38.6 Å². The second-order valence-electron chi connectivity index (χ2n) is 4.71. The first-order chi connectivity index (χ1) is 10.4. The van der Waals surface area contributed by atoms with E-state index in [0.29, 0.717) is 13.2 Å². The van der Waals surface area contributed by atoms with Crippen LogP contribution in [0.3, 0.4) is 0 Å². The van der Waals surface area contributed by atoms with E-state index in [1.807, 2.05) is 7.05 Å². The molecule has 9 nitrogen and oxygen atoms in total. The van der Waals surface area contributed by atoms with Gasteiger partial charge in [-0.2, -0.15) is 0 Å². The van der Waals surface area contributed by atoms with Gasteiger partial charge in [0.2, 0.25) is 0 Å². The topological polar surface area (TPSA) is 125 Å². The van der Waals surface area contributed by atoms with Gasteiger partial charge in [0, 0.05) is 39.0 Å².